The first-order chi connectivity index (χ1) is 10.6. The zero-order valence-electron chi connectivity index (χ0n) is 13.3. The number of aliphatic imine (C=N–C) groups is 1. The third kappa shape index (κ3) is 7.49. The van der Waals surface area contributed by atoms with Gasteiger partial charge < -0.3 is 15.7 Å². The molecule has 23 heavy (non-hydrogen) atoms. The number of guanidine groups is 1. The highest BCUT2D eigenvalue weighted by Crippen LogP contribution is 2.27. The first-order valence-electron chi connectivity index (χ1n) is 7.68. The van der Waals surface area contributed by atoms with Crippen molar-refractivity contribution in [2.24, 2.45) is 4.99 Å². The molecule has 130 valence electrons. The fourth-order valence-corrected chi connectivity index (χ4v) is 3.80. The normalized spacial score (nSPS) is 20.9. The lowest BCUT2D eigenvalue weighted by atomic mass is 10.1. The molecule has 1 aromatic carbocycles. The van der Waals surface area contributed by atoms with Crippen molar-refractivity contribution >= 4 is 53.3 Å². The van der Waals surface area contributed by atoms with Crippen molar-refractivity contribution < 1.29 is 5.11 Å². The van der Waals surface area contributed by atoms with E-state index < -0.39 is 5.60 Å². The molecule has 1 aliphatic heterocycles. The highest BCUT2D eigenvalue weighted by molar-refractivity contribution is 14.0. The third-order valence-corrected chi connectivity index (χ3v) is 5.02. The van der Waals surface area contributed by atoms with Crippen LogP contribution >= 0.6 is 47.3 Å². The summed E-state index contributed by atoms with van der Waals surface area (Å²) in [4.78, 5) is 4.52. The van der Waals surface area contributed by atoms with Gasteiger partial charge >= 0.3 is 0 Å². The molecule has 0 bridgehead atoms. The number of hydrogen-bond acceptors (Lipinski definition) is 3. The van der Waals surface area contributed by atoms with Crippen LogP contribution in [0.1, 0.15) is 18.9 Å². The molecule has 7 heteroatoms. The second-order valence-electron chi connectivity index (χ2n) is 5.53. The van der Waals surface area contributed by atoms with Crippen LogP contribution < -0.4 is 10.6 Å². The van der Waals surface area contributed by atoms with Crippen LogP contribution in [0.5, 0.6) is 0 Å². The number of aliphatic hydroxyl groups is 1. The second-order valence-corrected chi connectivity index (χ2v) is 7.07. The second kappa shape index (κ2) is 10.6. The Morgan fingerprint density at radius 3 is 2.91 bits per heavy atom. The van der Waals surface area contributed by atoms with Gasteiger partial charge in [0.05, 0.1) is 12.1 Å². The van der Waals surface area contributed by atoms with E-state index >= 15 is 0 Å². The molecule has 0 saturated carbocycles. The van der Waals surface area contributed by atoms with E-state index in [-0.39, 0.29) is 24.0 Å². The Morgan fingerprint density at radius 2 is 2.26 bits per heavy atom. The number of nitrogens with one attached hydrogen (secondary N) is 2. The molecule has 1 fully saturated rings. The molecule has 1 aliphatic rings. The lowest BCUT2D eigenvalue weighted by Gasteiger charge is -2.19. The highest BCUT2D eigenvalue weighted by Gasteiger charge is 2.31. The van der Waals surface area contributed by atoms with Crippen molar-refractivity contribution in [1.82, 2.24) is 10.6 Å². The van der Waals surface area contributed by atoms with Crippen LogP contribution in [0.4, 0.5) is 0 Å². The first-order valence-corrected chi connectivity index (χ1v) is 9.21. The van der Waals surface area contributed by atoms with E-state index in [0.717, 1.165) is 48.4 Å². The number of rotatable bonds is 6. The van der Waals surface area contributed by atoms with E-state index in [0.29, 0.717) is 6.54 Å². The first kappa shape index (κ1) is 20.9. The Morgan fingerprint density at radius 1 is 1.43 bits per heavy atom. The summed E-state index contributed by atoms with van der Waals surface area (Å²) in [5.74, 6) is 2.55. The summed E-state index contributed by atoms with van der Waals surface area (Å²) in [5, 5.41) is 17.6. The Kier molecular flexibility index (Phi) is 9.65. The summed E-state index contributed by atoms with van der Waals surface area (Å²) in [5.41, 5.74) is 0.557. The molecule has 0 spiro atoms. The van der Waals surface area contributed by atoms with Gasteiger partial charge in [-0.15, -0.1) is 24.0 Å². The van der Waals surface area contributed by atoms with Gasteiger partial charge in [0.1, 0.15) is 0 Å². The summed E-state index contributed by atoms with van der Waals surface area (Å²) in [6.45, 7) is 4.07. The molecule has 3 N–H and O–H groups in total. The van der Waals surface area contributed by atoms with Gasteiger partial charge in [0, 0.05) is 23.9 Å². The van der Waals surface area contributed by atoms with Gasteiger partial charge in [0.2, 0.25) is 0 Å². The molecule has 1 aromatic rings. The monoisotopic (exact) mass is 469 g/mol. The highest BCUT2D eigenvalue weighted by atomic mass is 127. The van der Waals surface area contributed by atoms with E-state index in [9.17, 15) is 5.11 Å². The Hall–Kier alpha value is -0.180. The lowest BCUT2D eigenvalue weighted by molar-refractivity contribution is 0.0778. The predicted molar refractivity (Wildman–Crippen MR) is 111 cm³/mol. The number of benzene rings is 1. The average Bonchev–Trinajstić information content (AvgIpc) is 2.92. The molecule has 1 heterocycles. The molecule has 4 nitrogen and oxygen atoms in total. The molecule has 1 atom stereocenters. The van der Waals surface area contributed by atoms with Crippen molar-refractivity contribution in [2.45, 2.75) is 25.4 Å². The summed E-state index contributed by atoms with van der Waals surface area (Å²) < 4.78 is 0. The van der Waals surface area contributed by atoms with Crippen LogP contribution in [-0.4, -0.2) is 47.8 Å². The summed E-state index contributed by atoms with van der Waals surface area (Å²) in [6, 6.07) is 7.89. The van der Waals surface area contributed by atoms with Gasteiger partial charge in [-0.05, 0) is 43.2 Å². The van der Waals surface area contributed by atoms with Crippen LogP contribution in [0, 0.1) is 0 Å². The van der Waals surface area contributed by atoms with Crippen molar-refractivity contribution in [3.8, 4) is 0 Å². The SMILES string of the molecule is CCNC(=NCC1(O)CCSC1)NCCc1cccc(Cl)c1.I. The van der Waals surface area contributed by atoms with Crippen molar-refractivity contribution in [1.29, 1.82) is 0 Å². The predicted octanol–water partition coefficient (Wildman–Crippen LogP) is 2.92. The standard InChI is InChI=1S/C16H24ClN3OS.HI/c1-2-18-15(20-11-16(21)7-9-22-12-16)19-8-6-13-4-3-5-14(17)10-13;/h3-5,10,21H,2,6-9,11-12H2,1H3,(H2,18,19,20);1H. The fourth-order valence-electron chi connectivity index (χ4n) is 2.31. The van der Waals surface area contributed by atoms with Gasteiger partial charge in [0.15, 0.2) is 5.96 Å². The summed E-state index contributed by atoms with van der Waals surface area (Å²) in [6.07, 6.45) is 1.70. The molecular formula is C16H25ClIN3OS. The molecule has 1 unspecified atom stereocenters. The molecule has 0 aromatic heterocycles. The van der Waals surface area contributed by atoms with E-state index in [4.69, 9.17) is 11.6 Å². The third-order valence-electron chi connectivity index (χ3n) is 3.55. The summed E-state index contributed by atoms with van der Waals surface area (Å²) >= 11 is 7.78. The molecule has 0 amide bonds. The molecule has 0 radical (unpaired) electrons. The molecule has 1 saturated heterocycles. The van der Waals surface area contributed by atoms with Gasteiger partial charge in [-0.3, -0.25) is 4.99 Å². The zero-order chi connectivity index (χ0) is 15.8. The van der Waals surface area contributed by atoms with Crippen LogP contribution in [0.2, 0.25) is 5.02 Å². The molecular weight excluding hydrogens is 445 g/mol. The smallest absolute Gasteiger partial charge is 0.191 e. The minimum Gasteiger partial charge on any atom is -0.387 e. The quantitative estimate of drug-likeness (QED) is 0.341. The van der Waals surface area contributed by atoms with Crippen LogP contribution in [0.15, 0.2) is 29.3 Å². The Balaban J connectivity index is 0.00000264. The molecule has 0 aliphatic carbocycles. The number of halogens is 2. The van der Waals surface area contributed by atoms with Gasteiger partial charge in [0.25, 0.3) is 0 Å². The number of hydrogen-bond donors (Lipinski definition) is 3. The van der Waals surface area contributed by atoms with Gasteiger partial charge in [-0.25, -0.2) is 0 Å². The maximum Gasteiger partial charge on any atom is 0.191 e. The topological polar surface area (TPSA) is 56.7 Å². The lowest BCUT2D eigenvalue weighted by Crippen LogP contribution is -2.40. The van der Waals surface area contributed by atoms with Crippen molar-refractivity contribution in [3.05, 3.63) is 34.9 Å². The van der Waals surface area contributed by atoms with E-state index in [1.54, 1.807) is 11.8 Å². The Bertz CT molecular complexity index is 510. The maximum atomic E-state index is 10.3. The van der Waals surface area contributed by atoms with E-state index in [2.05, 4.69) is 21.7 Å². The zero-order valence-corrected chi connectivity index (χ0v) is 17.3. The minimum absolute atomic E-state index is 0. The van der Waals surface area contributed by atoms with Crippen molar-refractivity contribution in [2.75, 3.05) is 31.1 Å². The van der Waals surface area contributed by atoms with Crippen LogP contribution in [0.3, 0.4) is 0 Å². The van der Waals surface area contributed by atoms with E-state index in [1.807, 2.05) is 25.1 Å². The fraction of sp³-hybridized carbons (Fsp3) is 0.562. The number of nitrogens with zero attached hydrogens (tertiary/aromatic N) is 1. The summed E-state index contributed by atoms with van der Waals surface area (Å²) in [7, 11) is 0. The van der Waals surface area contributed by atoms with Gasteiger partial charge in [-0.1, -0.05) is 23.7 Å². The Labute approximate surface area is 164 Å². The maximum absolute atomic E-state index is 10.3. The van der Waals surface area contributed by atoms with Gasteiger partial charge in [-0.2, -0.15) is 11.8 Å². The average molecular weight is 470 g/mol. The minimum atomic E-state index is -0.639. The largest absolute Gasteiger partial charge is 0.387 e. The van der Waals surface area contributed by atoms with E-state index in [1.165, 1.54) is 5.56 Å². The van der Waals surface area contributed by atoms with Crippen LogP contribution in [0.25, 0.3) is 0 Å². The van der Waals surface area contributed by atoms with Crippen molar-refractivity contribution in [3.63, 3.8) is 0 Å². The number of thioether (sulfide) groups is 1. The van der Waals surface area contributed by atoms with Crippen LogP contribution in [-0.2, 0) is 6.42 Å². The molecule has 2 rings (SSSR count).